The van der Waals surface area contributed by atoms with Gasteiger partial charge in [0.25, 0.3) is 11.4 Å². The molecule has 0 aromatic heterocycles. The van der Waals surface area contributed by atoms with E-state index in [9.17, 15) is 25.0 Å². The number of nitro groups is 2. The van der Waals surface area contributed by atoms with Crippen LogP contribution in [0.15, 0.2) is 59.7 Å². The van der Waals surface area contributed by atoms with E-state index in [1.807, 2.05) is 11.9 Å². The van der Waals surface area contributed by atoms with Gasteiger partial charge >= 0.3 is 0 Å². The standard InChI is InChI=1S/C21H19N3O5/c1-22-11-10-17(12-15-2-6-19(7-3-15)23(26)27)21(25)18(14-22)13-16-4-8-20(9-5-16)24(28)29/h2-9,12-13H,10-11,14H2,1H3/b17-12+,18-13+. The van der Waals surface area contributed by atoms with Crippen LogP contribution in [0.5, 0.6) is 0 Å². The molecule has 0 radical (unpaired) electrons. The fourth-order valence-electron chi connectivity index (χ4n) is 3.11. The molecule has 3 rings (SSSR count). The summed E-state index contributed by atoms with van der Waals surface area (Å²) < 4.78 is 0. The lowest BCUT2D eigenvalue weighted by Crippen LogP contribution is -2.20. The first kappa shape index (κ1) is 20.1. The summed E-state index contributed by atoms with van der Waals surface area (Å²) in [7, 11) is 1.92. The van der Waals surface area contributed by atoms with Crippen molar-refractivity contribution < 1.29 is 14.6 Å². The molecule has 1 aliphatic rings. The van der Waals surface area contributed by atoms with Gasteiger partial charge in [0.15, 0.2) is 5.78 Å². The maximum absolute atomic E-state index is 13.1. The Morgan fingerprint density at radius 1 is 0.828 bits per heavy atom. The SMILES string of the molecule is CN1CC/C(=C\c2ccc([N+](=O)[O-])cc2)C(=O)/C(=C/c2ccc([N+](=O)[O-])cc2)C1. The van der Waals surface area contributed by atoms with Crippen LogP contribution in [0.4, 0.5) is 11.4 Å². The number of carbonyl (C=O) groups is 1. The summed E-state index contributed by atoms with van der Waals surface area (Å²) >= 11 is 0. The minimum atomic E-state index is -0.466. The summed E-state index contributed by atoms with van der Waals surface area (Å²) in [5.74, 6) is -0.0916. The smallest absolute Gasteiger partial charge is 0.269 e. The van der Waals surface area contributed by atoms with Crippen LogP contribution in [0.25, 0.3) is 12.2 Å². The number of hydrogen-bond acceptors (Lipinski definition) is 6. The molecule has 0 aliphatic carbocycles. The van der Waals surface area contributed by atoms with Crippen LogP contribution in [0.2, 0.25) is 0 Å². The Morgan fingerprint density at radius 2 is 1.28 bits per heavy atom. The van der Waals surface area contributed by atoms with Crippen molar-refractivity contribution in [2.45, 2.75) is 6.42 Å². The molecule has 8 heteroatoms. The fourth-order valence-corrected chi connectivity index (χ4v) is 3.11. The number of hydrogen-bond donors (Lipinski definition) is 0. The van der Waals surface area contributed by atoms with Gasteiger partial charge in [-0.15, -0.1) is 0 Å². The molecule has 8 nitrogen and oxygen atoms in total. The number of likely N-dealkylation sites (N-methyl/N-ethyl adjacent to an activating group) is 1. The molecule has 0 atom stereocenters. The molecule has 1 heterocycles. The highest BCUT2D eigenvalue weighted by Crippen LogP contribution is 2.23. The van der Waals surface area contributed by atoms with Crippen molar-refractivity contribution in [3.05, 3.63) is 91.0 Å². The van der Waals surface area contributed by atoms with Gasteiger partial charge in [-0.05, 0) is 61.0 Å². The first-order chi connectivity index (χ1) is 13.8. The average Bonchev–Trinajstić information content (AvgIpc) is 2.82. The molecule has 0 N–H and O–H groups in total. The van der Waals surface area contributed by atoms with Crippen molar-refractivity contribution in [2.24, 2.45) is 0 Å². The van der Waals surface area contributed by atoms with Crippen molar-refractivity contribution >= 4 is 29.3 Å². The minimum Gasteiger partial charge on any atom is -0.302 e. The highest BCUT2D eigenvalue weighted by molar-refractivity contribution is 6.13. The highest BCUT2D eigenvalue weighted by Gasteiger charge is 2.21. The van der Waals surface area contributed by atoms with Gasteiger partial charge in [-0.25, -0.2) is 0 Å². The van der Waals surface area contributed by atoms with Crippen LogP contribution in [0, 0.1) is 20.2 Å². The fraction of sp³-hybridized carbons (Fsp3) is 0.190. The molecule has 0 amide bonds. The molecule has 0 unspecified atom stereocenters. The number of Topliss-reactive ketones (excluding diaryl/α,β-unsaturated/α-hetero) is 1. The lowest BCUT2D eigenvalue weighted by molar-refractivity contribution is -0.385. The van der Waals surface area contributed by atoms with Crippen LogP contribution in [-0.2, 0) is 4.79 Å². The third kappa shape index (κ3) is 4.99. The predicted octanol–water partition coefficient (Wildman–Crippen LogP) is 3.87. The van der Waals surface area contributed by atoms with E-state index < -0.39 is 9.85 Å². The number of ketones is 1. The summed E-state index contributed by atoms with van der Waals surface area (Å²) in [6.45, 7) is 1.16. The van der Waals surface area contributed by atoms with E-state index in [1.54, 1.807) is 36.4 Å². The normalized spacial score (nSPS) is 18.0. The van der Waals surface area contributed by atoms with Gasteiger partial charge < -0.3 is 4.90 Å². The zero-order valence-corrected chi connectivity index (χ0v) is 15.8. The van der Waals surface area contributed by atoms with E-state index in [-0.39, 0.29) is 17.2 Å². The lowest BCUT2D eigenvalue weighted by atomic mass is 9.98. The van der Waals surface area contributed by atoms with Crippen molar-refractivity contribution in [1.82, 2.24) is 4.90 Å². The van der Waals surface area contributed by atoms with Crippen LogP contribution < -0.4 is 0 Å². The van der Waals surface area contributed by atoms with Crippen molar-refractivity contribution in [3.63, 3.8) is 0 Å². The largest absolute Gasteiger partial charge is 0.302 e. The summed E-state index contributed by atoms with van der Waals surface area (Å²) in [6, 6.07) is 12.1. The molecule has 0 spiro atoms. The Hall–Kier alpha value is -3.65. The molecular weight excluding hydrogens is 374 g/mol. The molecule has 2 aromatic carbocycles. The monoisotopic (exact) mass is 393 g/mol. The summed E-state index contributed by atoms with van der Waals surface area (Å²) in [5, 5.41) is 21.6. The maximum Gasteiger partial charge on any atom is 0.269 e. The minimum absolute atomic E-state index is 0.00201. The Labute approximate surface area is 167 Å². The molecule has 2 aromatic rings. The van der Waals surface area contributed by atoms with Gasteiger partial charge in [-0.3, -0.25) is 25.0 Å². The Kier molecular flexibility index (Phi) is 5.94. The average molecular weight is 393 g/mol. The number of non-ortho nitro benzene ring substituents is 2. The van der Waals surface area contributed by atoms with E-state index in [0.717, 1.165) is 5.56 Å². The first-order valence-corrected chi connectivity index (χ1v) is 8.97. The second-order valence-corrected chi connectivity index (χ2v) is 6.85. The van der Waals surface area contributed by atoms with E-state index >= 15 is 0 Å². The third-order valence-electron chi connectivity index (χ3n) is 4.68. The van der Waals surface area contributed by atoms with Crippen molar-refractivity contribution in [1.29, 1.82) is 0 Å². The molecule has 0 saturated carbocycles. The quantitative estimate of drug-likeness (QED) is 0.443. The predicted molar refractivity (Wildman–Crippen MR) is 109 cm³/mol. The van der Waals surface area contributed by atoms with Gasteiger partial charge in [0.05, 0.1) is 9.85 Å². The third-order valence-corrected chi connectivity index (χ3v) is 4.68. The Bertz CT molecular complexity index is 1010. The lowest BCUT2D eigenvalue weighted by Gasteiger charge is -2.12. The summed E-state index contributed by atoms with van der Waals surface area (Å²) in [4.78, 5) is 35.8. The Balaban J connectivity index is 1.90. The molecule has 1 fully saturated rings. The van der Waals surface area contributed by atoms with Gasteiger partial charge in [-0.1, -0.05) is 0 Å². The van der Waals surface area contributed by atoms with Crippen molar-refractivity contribution in [3.8, 4) is 0 Å². The zero-order valence-electron chi connectivity index (χ0n) is 15.8. The highest BCUT2D eigenvalue weighted by atomic mass is 16.6. The van der Waals surface area contributed by atoms with Crippen LogP contribution in [-0.4, -0.2) is 40.7 Å². The van der Waals surface area contributed by atoms with E-state index in [0.29, 0.717) is 36.2 Å². The van der Waals surface area contributed by atoms with Crippen LogP contribution >= 0.6 is 0 Å². The van der Waals surface area contributed by atoms with Crippen LogP contribution in [0.3, 0.4) is 0 Å². The Morgan fingerprint density at radius 3 is 1.72 bits per heavy atom. The van der Waals surface area contributed by atoms with Gasteiger partial charge in [0, 0.05) is 48.5 Å². The molecule has 148 valence electrons. The number of likely N-dealkylation sites (tertiary alicyclic amines) is 1. The number of nitro benzene ring substituents is 2. The van der Waals surface area contributed by atoms with Crippen molar-refractivity contribution in [2.75, 3.05) is 20.1 Å². The second-order valence-electron chi connectivity index (χ2n) is 6.85. The first-order valence-electron chi connectivity index (χ1n) is 8.97. The van der Waals surface area contributed by atoms with E-state index in [2.05, 4.69) is 0 Å². The molecule has 29 heavy (non-hydrogen) atoms. The number of rotatable bonds is 4. The van der Waals surface area contributed by atoms with E-state index in [4.69, 9.17) is 0 Å². The second kappa shape index (κ2) is 8.57. The number of nitrogens with zero attached hydrogens (tertiary/aromatic N) is 3. The summed E-state index contributed by atoms with van der Waals surface area (Å²) in [6.07, 6.45) is 4.07. The number of benzene rings is 2. The molecular formula is C21H19N3O5. The van der Waals surface area contributed by atoms with Crippen LogP contribution in [0.1, 0.15) is 17.5 Å². The number of carbonyl (C=O) groups excluding carboxylic acids is 1. The molecule has 0 bridgehead atoms. The maximum atomic E-state index is 13.1. The van der Waals surface area contributed by atoms with Gasteiger partial charge in [0.2, 0.25) is 0 Å². The molecule has 1 aliphatic heterocycles. The van der Waals surface area contributed by atoms with Gasteiger partial charge in [0.1, 0.15) is 0 Å². The zero-order chi connectivity index (χ0) is 21.0. The van der Waals surface area contributed by atoms with E-state index in [1.165, 1.54) is 24.3 Å². The topological polar surface area (TPSA) is 107 Å². The summed E-state index contributed by atoms with van der Waals surface area (Å²) in [5.41, 5.74) is 2.64. The molecule has 1 saturated heterocycles. The van der Waals surface area contributed by atoms with Gasteiger partial charge in [-0.2, -0.15) is 0 Å².